The molecule has 1 amide bonds. The zero-order valence-corrected chi connectivity index (χ0v) is 11.7. The lowest BCUT2D eigenvalue weighted by atomic mass is 10.00. The highest BCUT2D eigenvalue weighted by Crippen LogP contribution is 2.17. The maximum atomic E-state index is 12.4. The molecular weight excluding hydrogens is 244 g/mol. The van der Waals surface area contributed by atoms with Gasteiger partial charge in [-0.05, 0) is 20.8 Å². The van der Waals surface area contributed by atoms with Crippen molar-refractivity contribution in [1.82, 2.24) is 30.7 Å². The smallest absolute Gasteiger partial charge is 0.240 e. The summed E-state index contributed by atoms with van der Waals surface area (Å²) in [7, 11) is 0. The molecule has 0 spiro atoms. The van der Waals surface area contributed by atoms with E-state index < -0.39 is 5.54 Å². The van der Waals surface area contributed by atoms with Gasteiger partial charge in [0.2, 0.25) is 5.91 Å². The number of nitrogens with zero attached hydrogens (tertiary/aromatic N) is 3. The second-order valence-electron chi connectivity index (χ2n) is 5.36. The number of hydrogen-bond acceptors (Lipinski definition) is 5. The largest absolute Gasteiger partial charge is 0.345 e. The molecule has 1 fully saturated rings. The number of rotatable bonds is 4. The summed E-state index contributed by atoms with van der Waals surface area (Å²) in [5.41, 5.74) is -0.517. The molecule has 2 heterocycles. The number of aromatic amines is 1. The maximum absolute atomic E-state index is 12.4. The molecule has 0 aliphatic carbocycles. The Morgan fingerprint density at radius 3 is 2.74 bits per heavy atom. The summed E-state index contributed by atoms with van der Waals surface area (Å²) < 4.78 is 0. The molecule has 7 heteroatoms. The highest BCUT2D eigenvalue weighted by molar-refractivity contribution is 5.85. The molecule has 106 valence electrons. The van der Waals surface area contributed by atoms with Gasteiger partial charge in [0.05, 0.1) is 11.6 Å². The second kappa shape index (κ2) is 5.66. The predicted molar refractivity (Wildman–Crippen MR) is 71.5 cm³/mol. The van der Waals surface area contributed by atoms with Crippen LogP contribution in [0, 0.1) is 0 Å². The lowest BCUT2D eigenvalue weighted by Crippen LogP contribution is -2.60. The molecule has 0 bridgehead atoms. The minimum atomic E-state index is -0.517. The first-order valence-corrected chi connectivity index (χ1v) is 6.64. The number of piperazine rings is 1. The highest BCUT2D eigenvalue weighted by Gasteiger charge is 2.35. The summed E-state index contributed by atoms with van der Waals surface area (Å²) in [5, 5.41) is 12.8. The van der Waals surface area contributed by atoms with Crippen molar-refractivity contribution in [3.8, 4) is 0 Å². The summed E-state index contributed by atoms with van der Waals surface area (Å²) >= 11 is 0. The van der Waals surface area contributed by atoms with E-state index in [2.05, 4.69) is 30.7 Å². The first-order valence-electron chi connectivity index (χ1n) is 6.64. The molecule has 1 aliphatic heterocycles. The molecule has 1 saturated heterocycles. The molecule has 7 nitrogen and oxygen atoms in total. The van der Waals surface area contributed by atoms with Crippen LogP contribution in [0.25, 0.3) is 0 Å². The summed E-state index contributed by atoms with van der Waals surface area (Å²) in [6, 6.07) is -0.169. The molecule has 1 atom stereocenters. The van der Waals surface area contributed by atoms with Gasteiger partial charge in [0.25, 0.3) is 0 Å². The number of H-pyrrole nitrogens is 1. The van der Waals surface area contributed by atoms with Crippen molar-refractivity contribution in [3.63, 3.8) is 0 Å². The van der Waals surface area contributed by atoms with Crippen molar-refractivity contribution in [2.75, 3.05) is 26.2 Å². The number of carbonyl (C=O) groups is 1. The molecule has 2 rings (SSSR count). The normalized spacial score (nSPS) is 19.1. The van der Waals surface area contributed by atoms with Gasteiger partial charge in [-0.2, -0.15) is 5.10 Å². The van der Waals surface area contributed by atoms with E-state index in [0.717, 1.165) is 26.2 Å². The van der Waals surface area contributed by atoms with Gasteiger partial charge in [0.1, 0.15) is 12.2 Å². The van der Waals surface area contributed by atoms with Crippen LogP contribution in [0.5, 0.6) is 0 Å². The van der Waals surface area contributed by atoms with Crippen LogP contribution in [0.2, 0.25) is 0 Å². The lowest BCUT2D eigenvalue weighted by molar-refractivity contribution is -0.132. The first kappa shape index (κ1) is 14.0. The Balaban J connectivity index is 1.97. The van der Waals surface area contributed by atoms with Crippen molar-refractivity contribution >= 4 is 5.91 Å². The quantitative estimate of drug-likeness (QED) is 0.694. The number of aromatic nitrogens is 3. The molecular formula is C12H22N6O. The van der Waals surface area contributed by atoms with Crippen LogP contribution in [0.3, 0.4) is 0 Å². The van der Waals surface area contributed by atoms with E-state index in [1.165, 1.54) is 6.33 Å². The third-order valence-corrected chi connectivity index (χ3v) is 3.65. The van der Waals surface area contributed by atoms with Crippen molar-refractivity contribution in [1.29, 1.82) is 0 Å². The zero-order chi connectivity index (χ0) is 13.9. The van der Waals surface area contributed by atoms with Crippen molar-refractivity contribution in [2.45, 2.75) is 32.4 Å². The van der Waals surface area contributed by atoms with E-state index in [1.807, 2.05) is 20.8 Å². The van der Waals surface area contributed by atoms with Gasteiger partial charge in [-0.1, -0.05) is 0 Å². The Bertz CT molecular complexity index is 410. The Hall–Kier alpha value is -1.47. The zero-order valence-electron chi connectivity index (χ0n) is 11.7. The molecule has 0 aromatic carbocycles. The molecule has 1 aromatic rings. The number of carbonyl (C=O) groups excluding carboxylic acids is 1. The van der Waals surface area contributed by atoms with Gasteiger partial charge >= 0.3 is 0 Å². The maximum Gasteiger partial charge on any atom is 0.240 e. The average molecular weight is 266 g/mol. The summed E-state index contributed by atoms with van der Waals surface area (Å²) in [6.07, 6.45) is 1.44. The Labute approximate surface area is 113 Å². The van der Waals surface area contributed by atoms with E-state index in [1.54, 1.807) is 0 Å². The number of hydrogen-bond donors (Lipinski definition) is 3. The fourth-order valence-electron chi connectivity index (χ4n) is 2.23. The van der Waals surface area contributed by atoms with Gasteiger partial charge in [-0.15, -0.1) is 0 Å². The Morgan fingerprint density at radius 2 is 2.16 bits per heavy atom. The van der Waals surface area contributed by atoms with Gasteiger partial charge in [0, 0.05) is 26.2 Å². The number of amides is 1. The van der Waals surface area contributed by atoms with Gasteiger partial charge < -0.3 is 10.6 Å². The Kier molecular flexibility index (Phi) is 4.16. The van der Waals surface area contributed by atoms with Crippen molar-refractivity contribution in [3.05, 3.63) is 12.2 Å². The molecule has 19 heavy (non-hydrogen) atoms. The minimum Gasteiger partial charge on any atom is -0.345 e. The van der Waals surface area contributed by atoms with Crippen molar-refractivity contribution < 1.29 is 4.79 Å². The minimum absolute atomic E-state index is 0.0123. The highest BCUT2D eigenvalue weighted by atomic mass is 16.2. The van der Waals surface area contributed by atoms with Crippen LogP contribution in [-0.4, -0.2) is 57.7 Å². The van der Waals surface area contributed by atoms with Gasteiger partial charge in [-0.25, -0.2) is 4.98 Å². The van der Waals surface area contributed by atoms with E-state index in [-0.39, 0.29) is 11.9 Å². The van der Waals surface area contributed by atoms with E-state index in [9.17, 15) is 4.79 Å². The third-order valence-electron chi connectivity index (χ3n) is 3.65. The summed E-state index contributed by atoms with van der Waals surface area (Å²) in [5.74, 6) is 0.683. The topological polar surface area (TPSA) is 85.9 Å². The predicted octanol–water partition coefficient (Wildman–Crippen LogP) is -0.334. The standard InChI is InChI=1S/C12H22N6O/c1-9(10-14-8-15-17-10)16-11(19)12(2,3)18-6-4-13-5-7-18/h8-9,13H,4-7H2,1-3H3,(H,16,19)(H,14,15,17). The van der Waals surface area contributed by atoms with Crippen LogP contribution in [0.4, 0.5) is 0 Å². The van der Waals surface area contributed by atoms with Gasteiger partial charge in [0.15, 0.2) is 0 Å². The van der Waals surface area contributed by atoms with Crippen LogP contribution in [-0.2, 0) is 4.79 Å². The third kappa shape index (κ3) is 3.10. The summed E-state index contributed by atoms with van der Waals surface area (Å²) in [6.45, 7) is 9.44. The van der Waals surface area contributed by atoms with Gasteiger partial charge in [-0.3, -0.25) is 14.8 Å². The Morgan fingerprint density at radius 1 is 1.47 bits per heavy atom. The monoisotopic (exact) mass is 266 g/mol. The fourth-order valence-corrected chi connectivity index (χ4v) is 2.23. The average Bonchev–Trinajstić information content (AvgIpc) is 2.93. The van der Waals surface area contributed by atoms with Crippen LogP contribution < -0.4 is 10.6 Å². The van der Waals surface area contributed by atoms with Crippen molar-refractivity contribution in [2.24, 2.45) is 0 Å². The van der Waals surface area contributed by atoms with Crippen LogP contribution >= 0.6 is 0 Å². The summed E-state index contributed by atoms with van der Waals surface area (Å²) in [4.78, 5) is 18.7. The van der Waals surface area contributed by atoms with E-state index in [0.29, 0.717) is 5.82 Å². The first-order chi connectivity index (χ1) is 9.01. The molecule has 0 saturated carbocycles. The van der Waals surface area contributed by atoms with E-state index >= 15 is 0 Å². The molecule has 1 aromatic heterocycles. The molecule has 3 N–H and O–H groups in total. The second-order valence-corrected chi connectivity index (χ2v) is 5.36. The molecule has 1 unspecified atom stereocenters. The van der Waals surface area contributed by atoms with Crippen LogP contribution in [0.1, 0.15) is 32.6 Å². The van der Waals surface area contributed by atoms with E-state index in [4.69, 9.17) is 0 Å². The lowest BCUT2D eigenvalue weighted by Gasteiger charge is -2.40. The fraction of sp³-hybridized carbons (Fsp3) is 0.750. The molecule has 1 aliphatic rings. The SMILES string of the molecule is CC(NC(=O)C(C)(C)N1CCNCC1)c1ncn[nH]1. The molecule has 0 radical (unpaired) electrons. The van der Waals surface area contributed by atoms with Crippen LogP contribution in [0.15, 0.2) is 6.33 Å². The number of nitrogens with one attached hydrogen (secondary N) is 3.